The van der Waals surface area contributed by atoms with Gasteiger partial charge < -0.3 is 9.67 Å². The molecule has 0 aliphatic carbocycles. The molecule has 2 rings (SSSR count). The number of aliphatic carboxylic acids is 1. The van der Waals surface area contributed by atoms with Crippen LogP contribution in [0.2, 0.25) is 0 Å². The number of aromatic nitrogens is 1. The van der Waals surface area contributed by atoms with Crippen molar-refractivity contribution in [3.8, 4) is 0 Å². The van der Waals surface area contributed by atoms with Crippen LogP contribution in [-0.2, 0) is 28.6 Å². The molecule has 2 aromatic rings. The topological polar surface area (TPSA) is 76.4 Å². The fourth-order valence-corrected chi connectivity index (χ4v) is 2.92. The summed E-state index contributed by atoms with van der Waals surface area (Å²) in [7, 11) is -1.22. The third kappa shape index (κ3) is 4.39. The van der Waals surface area contributed by atoms with Crippen molar-refractivity contribution in [2.75, 3.05) is 5.75 Å². The predicted molar refractivity (Wildman–Crippen MR) is 79.8 cm³/mol. The number of aryl methyl sites for hydroxylation is 1. The number of carboxylic acid groups (broad SMARTS) is 1. The second-order valence-electron chi connectivity index (χ2n) is 4.50. The molecule has 1 aromatic heterocycles. The average Bonchev–Trinajstić information content (AvgIpc) is 2.46. The first-order valence-corrected chi connectivity index (χ1v) is 7.73. The van der Waals surface area contributed by atoms with Gasteiger partial charge in [0.25, 0.3) is 5.56 Å². The first-order valence-electron chi connectivity index (χ1n) is 6.41. The Balaban J connectivity index is 1.99. The smallest absolute Gasteiger partial charge is 0.307 e. The van der Waals surface area contributed by atoms with Gasteiger partial charge in [-0.2, -0.15) is 0 Å². The lowest BCUT2D eigenvalue weighted by Gasteiger charge is -2.06. The number of nitrogens with zero attached hydrogens (tertiary/aromatic N) is 1. The van der Waals surface area contributed by atoms with Gasteiger partial charge in [-0.25, -0.2) is 0 Å². The zero-order valence-corrected chi connectivity index (χ0v) is 12.1. The minimum absolute atomic E-state index is 0.0493. The van der Waals surface area contributed by atoms with Crippen molar-refractivity contribution >= 4 is 16.8 Å². The zero-order valence-electron chi connectivity index (χ0n) is 11.3. The molecule has 21 heavy (non-hydrogen) atoms. The Bertz CT molecular complexity index is 706. The van der Waals surface area contributed by atoms with E-state index in [4.69, 9.17) is 5.11 Å². The summed E-state index contributed by atoms with van der Waals surface area (Å²) in [5, 5.41) is 8.69. The van der Waals surface area contributed by atoms with Crippen LogP contribution in [0.15, 0.2) is 58.4 Å². The molecule has 110 valence electrons. The van der Waals surface area contributed by atoms with Gasteiger partial charge in [-0.1, -0.05) is 18.2 Å². The SMILES string of the molecule is O=C(O)Cc1ccc(S(=O)CCn2ccccc2=O)cc1. The van der Waals surface area contributed by atoms with Crippen LogP contribution < -0.4 is 5.56 Å². The third-order valence-corrected chi connectivity index (χ3v) is 4.31. The van der Waals surface area contributed by atoms with E-state index in [9.17, 15) is 13.8 Å². The maximum absolute atomic E-state index is 12.1. The quantitative estimate of drug-likeness (QED) is 0.872. The molecule has 1 aromatic carbocycles. The highest BCUT2D eigenvalue weighted by atomic mass is 32.2. The molecule has 0 radical (unpaired) electrons. The molecule has 0 spiro atoms. The van der Waals surface area contributed by atoms with Gasteiger partial charge in [0, 0.05) is 29.5 Å². The van der Waals surface area contributed by atoms with E-state index in [1.54, 1.807) is 42.6 Å². The van der Waals surface area contributed by atoms with E-state index in [-0.39, 0.29) is 12.0 Å². The summed E-state index contributed by atoms with van der Waals surface area (Å²) < 4.78 is 13.7. The summed E-state index contributed by atoms with van der Waals surface area (Å²) in [6, 6.07) is 11.5. The summed E-state index contributed by atoms with van der Waals surface area (Å²) in [5.41, 5.74) is 0.550. The van der Waals surface area contributed by atoms with E-state index in [0.29, 0.717) is 22.8 Å². The van der Waals surface area contributed by atoms with E-state index in [0.717, 1.165) is 0 Å². The van der Waals surface area contributed by atoms with Crippen LogP contribution in [0.5, 0.6) is 0 Å². The van der Waals surface area contributed by atoms with Crippen molar-refractivity contribution in [3.05, 3.63) is 64.6 Å². The standard InChI is InChI=1S/C15H15NO4S/c17-14-3-1-2-8-16(14)9-10-21(20)13-6-4-12(5-7-13)11-15(18)19/h1-8H,9-11H2,(H,18,19). The van der Waals surface area contributed by atoms with Crippen LogP contribution in [0.25, 0.3) is 0 Å². The number of carboxylic acids is 1. The summed E-state index contributed by atoms with van der Waals surface area (Å²) in [6.45, 7) is 0.378. The molecule has 0 amide bonds. The molecule has 0 bridgehead atoms. The Morgan fingerprint density at radius 1 is 1.14 bits per heavy atom. The second kappa shape index (κ2) is 6.99. The van der Waals surface area contributed by atoms with Crippen molar-refractivity contribution in [1.29, 1.82) is 0 Å². The van der Waals surface area contributed by atoms with Crippen LogP contribution >= 0.6 is 0 Å². The summed E-state index contributed by atoms with van der Waals surface area (Å²) in [6.07, 6.45) is 1.61. The Morgan fingerprint density at radius 3 is 2.48 bits per heavy atom. The molecule has 5 nitrogen and oxygen atoms in total. The number of rotatable bonds is 6. The van der Waals surface area contributed by atoms with Gasteiger partial charge >= 0.3 is 5.97 Å². The van der Waals surface area contributed by atoms with Gasteiger partial charge in [0.1, 0.15) is 0 Å². The van der Waals surface area contributed by atoms with Gasteiger partial charge in [-0.15, -0.1) is 0 Å². The molecule has 6 heteroatoms. The first kappa shape index (κ1) is 15.2. The van der Waals surface area contributed by atoms with E-state index < -0.39 is 16.8 Å². The number of pyridine rings is 1. The fourth-order valence-electron chi connectivity index (χ4n) is 1.88. The Morgan fingerprint density at radius 2 is 1.86 bits per heavy atom. The van der Waals surface area contributed by atoms with Gasteiger partial charge in [-0.3, -0.25) is 13.8 Å². The van der Waals surface area contributed by atoms with Gasteiger partial charge in [0.05, 0.1) is 17.2 Å². The Kier molecular flexibility index (Phi) is 5.05. The normalized spacial score (nSPS) is 12.0. The van der Waals surface area contributed by atoms with Crippen LogP contribution in [-0.4, -0.2) is 25.6 Å². The predicted octanol–water partition coefficient (Wildman–Crippen LogP) is 1.28. The van der Waals surface area contributed by atoms with Gasteiger partial charge in [0.2, 0.25) is 0 Å². The van der Waals surface area contributed by atoms with Crippen LogP contribution in [0.4, 0.5) is 0 Å². The Labute approximate surface area is 124 Å². The van der Waals surface area contributed by atoms with E-state index in [2.05, 4.69) is 0 Å². The van der Waals surface area contributed by atoms with Crippen molar-refractivity contribution in [2.24, 2.45) is 0 Å². The maximum Gasteiger partial charge on any atom is 0.307 e. The van der Waals surface area contributed by atoms with E-state index in [1.807, 2.05) is 0 Å². The van der Waals surface area contributed by atoms with Crippen LogP contribution in [0.3, 0.4) is 0 Å². The average molecular weight is 305 g/mol. The number of hydrogen-bond donors (Lipinski definition) is 1. The molecule has 0 saturated carbocycles. The second-order valence-corrected chi connectivity index (χ2v) is 6.07. The van der Waals surface area contributed by atoms with Crippen molar-refractivity contribution < 1.29 is 14.1 Å². The van der Waals surface area contributed by atoms with Crippen molar-refractivity contribution in [2.45, 2.75) is 17.9 Å². The highest BCUT2D eigenvalue weighted by Gasteiger charge is 2.06. The number of benzene rings is 1. The molecular formula is C15H15NO4S. The molecule has 0 fully saturated rings. The molecule has 1 atom stereocenters. The zero-order chi connectivity index (χ0) is 15.2. The van der Waals surface area contributed by atoms with E-state index in [1.165, 1.54) is 10.6 Å². The lowest BCUT2D eigenvalue weighted by molar-refractivity contribution is -0.136. The molecule has 1 heterocycles. The molecule has 1 N–H and O–H groups in total. The maximum atomic E-state index is 12.1. The lowest BCUT2D eigenvalue weighted by Crippen LogP contribution is -2.20. The summed E-state index contributed by atoms with van der Waals surface area (Å²) >= 11 is 0. The third-order valence-electron chi connectivity index (χ3n) is 2.96. The van der Waals surface area contributed by atoms with Crippen LogP contribution in [0.1, 0.15) is 5.56 Å². The highest BCUT2D eigenvalue weighted by molar-refractivity contribution is 7.85. The largest absolute Gasteiger partial charge is 0.481 e. The first-order chi connectivity index (χ1) is 10.1. The summed E-state index contributed by atoms with van der Waals surface area (Å²) in [5.74, 6) is -0.560. The highest BCUT2D eigenvalue weighted by Crippen LogP contribution is 2.10. The molecule has 0 saturated heterocycles. The molecule has 1 unspecified atom stereocenters. The Hall–Kier alpha value is -2.21. The fraction of sp³-hybridized carbons (Fsp3) is 0.200. The monoisotopic (exact) mass is 305 g/mol. The lowest BCUT2D eigenvalue weighted by atomic mass is 10.2. The van der Waals surface area contributed by atoms with Crippen LogP contribution in [0, 0.1) is 0 Å². The van der Waals surface area contributed by atoms with Crippen molar-refractivity contribution in [1.82, 2.24) is 4.57 Å². The number of hydrogen-bond acceptors (Lipinski definition) is 3. The number of carbonyl (C=O) groups is 1. The summed E-state index contributed by atoms with van der Waals surface area (Å²) in [4.78, 5) is 22.7. The minimum atomic E-state index is -1.22. The molecular weight excluding hydrogens is 290 g/mol. The van der Waals surface area contributed by atoms with Gasteiger partial charge in [-0.05, 0) is 23.8 Å². The molecule has 0 aliphatic heterocycles. The van der Waals surface area contributed by atoms with E-state index >= 15 is 0 Å². The minimum Gasteiger partial charge on any atom is -0.481 e. The van der Waals surface area contributed by atoms with Gasteiger partial charge in [0.15, 0.2) is 0 Å². The van der Waals surface area contributed by atoms with Crippen molar-refractivity contribution in [3.63, 3.8) is 0 Å². The molecule has 0 aliphatic rings.